The van der Waals surface area contributed by atoms with E-state index in [-0.39, 0.29) is 29.9 Å². The number of nitrogens with zero attached hydrogens (tertiary/aromatic N) is 1. The van der Waals surface area contributed by atoms with Crippen molar-refractivity contribution in [3.63, 3.8) is 0 Å². The third-order valence-electron chi connectivity index (χ3n) is 5.47. The van der Waals surface area contributed by atoms with Crippen molar-refractivity contribution in [2.24, 2.45) is 0 Å². The molecule has 146 valence electrons. The molecule has 3 atom stereocenters. The van der Waals surface area contributed by atoms with Crippen LogP contribution in [0.4, 0.5) is 4.39 Å². The number of carbonyl (C=O) groups excluding carboxylic acids is 1. The molecule has 6 nitrogen and oxygen atoms in total. The zero-order valence-corrected chi connectivity index (χ0v) is 15.4. The standard InChI is InChI=1S/C20H27FN4O2/c21-16-8-4-5-14(9-16)12-25-13-17(11-22-25)23-20(26)18-10-19(27-24-18)15-6-2-1-3-7-15/h4-6,8-9,17-19,22,24H,1-3,7,10-13H2,(H,23,26). The number of hydroxylamine groups is 1. The van der Waals surface area contributed by atoms with Crippen molar-refractivity contribution < 1.29 is 14.0 Å². The molecule has 3 aliphatic rings. The number of amides is 1. The molecule has 2 fully saturated rings. The van der Waals surface area contributed by atoms with Gasteiger partial charge in [-0.2, -0.15) is 5.48 Å². The third kappa shape index (κ3) is 4.73. The van der Waals surface area contributed by atoms with Crippen LogP contribution in [0.1, 0.15) is 37.7 Å². The first-order valence-electron chi connectivity index (χ1n) is 9.81. The highest BCUT2D eigenvalue weighted by Crippen LogP contribution is 2.27. The first kappa shape index (κ1) is 18.6. The fourth-order valence-corrected chi connectivity index (χ4v) is 4.03. The lowest BCUT2D eigenvalue weighted by Gasteiger charge is -2.18. The Labute approximate surface area is 159 Å². The predicted octanol–water partition coefficient (Wildman–Crippen LogP) is 1.79. The summed E-state index contributed by atoms with van der Waals surface area (Å²) in [4.78, 5) is 18.2. The Morgan fingerprint density at radius 1 is 1.37 bits per heavy atom. The van der Waals surface area contributed by atoms with E-state index in [1.165, 1.54) is 30.5 Å². The van der Waals surface area contributed by atoms with Crippen LogP contribution in [-0.4, -0.2) is 42.2 Å². The van der Waals surface area contributed by atoms with Gasteiger partial charge in [-0.25, -0.2) is 9.40 Å². The zero-order valence-electron chi connectivity index (χ0n) is 15.4. The zero-order chi connectivity index (χ0) is 18.6. The van der Waals surface area contributed by atoms with Crippen LogP contribution in [0.15, 0.2) is 35.9 Å². The Balaban J connectivity index is 1.24. The van der Waals surface area contributed by atoms with Crippen LogP contribution in [-0.2, 0) is 16.2 Å². The Kier molecular flexibility index (Phi) is 5.83. The van der Waals surface area contributed by atoms with Crippen LogP contribution in [0.5, 0.6) is 0 Å². The minimum Gasteiger partial charge on any atom is -0.349 e. The average molecular weight is 374 g/mol. The van der Waals surface area contributed by atoms with E-state index in [2.05, 4.69) is 22.3 Å². The molecule has 0 bridgehead atoms. The van der Waals surface area contributed by atoms with Crippen molar-refractivity contribution >= 4 is 5.91 Å². The Morgan fingerprint density at radius 3 is 3.11 bits per heavy atom. The molecule has 1 aromatic carbocycles. The van der Waals surface area contributed by atoms with E-state index in [1.807, 2.05) is 11.1 Å². The summed E-state index contributed by atoms with van der Waals surface area (Å²) in [6.45, 7) is 1.96. The molecule has 0 spiro atoms. The van der Waals surface area contributed by atoms with Crippen molar-refractivity contribution in [1.29, 1.82) is 0 Å². The Morgan fingerprint density at radius 2 is 2.30 bits per heavy atom. The lowest BCUT2D eigenvalue weighted by molar-refractivity contribution is -0.124. The van der Waals surface area contributed by atoms with Gasteiger partial charge in [0.25, 0.3) is 0 Å². The molecule has 4 rings (SSSR count). The van der Waals surface area contributed by atoms with Crippen molar-refractivity contribution in [3.05, 3.63) is 47.3 Å². The lowest BCUT2D eigenvalue weighted by atomic mass is 9.93. The summed E-state index contributed by atoms with van der Waals surface area (Å²) in [6, 6.07) is 6.31. The second-order valence-corrected chi connectivity index (χ2v) is 7.62. The highest BCUT2D eigenvalue weighted by molar-refractivity contribution is 5.82. The molecule has 3 unspecified atom stereocenters. The highest BCUT2D eigenvalue weighted by Gasteiger charge is 2.34. The Bertz CT molecular complexity index is 711. The predicted molar refractivity (Wildman–Crippen MR) is 99.7 cm³/mol. The van der Waals surface area contributed by atoms with Gasteiger partial charge in [0, 0.05) is 26.1 Å². The van der Waals surface area contributed by atoms with Gasteiger partial charge in [-0.15, -0.1) is 0 Å². The maximum Gasteiger partial charge on any atom is 0.239 e. The molecule has 3 N–H and O–H groups in total. The fourth-order valence-electron chi connectivity index (χ4n) is 4.03. The van der Waals surface area contributed by atoms with Crippen LogP contribution < -0.4 is 16.2 Å². The monoisotopic (exact) mass is 374 g/mol. The van der Waals surface area contributed by atoms with Crippen molar-refractivity contribution in [2.75, 3.05) is 13.1 Å². The molecule has 0 radical (unpaired) electrons. The number of allylic oxidation sites excluding steroid dienone is 1. The molecule has 2 saturated heterocycles. The van der Waals surface area contributed by atoms with Crippen LogP contribution in [0.2, 0.25) is 0 Å². The van der Waals surface area contributed by atoms with E-state index in [9.17, 15) is 9.18 Å². The van der Waals surface area contributed by atoms with E-state index in [0.717, 1.165) is 18.4 Å². The molecule has 27 heavy (non-hydrogen) atoms. The minimum atomic E-state index is -0.310. The number of nitrogens with one attached hydrogen (secondary N) is 3. The molecule has 0 saturated carbocycles. The van der Waals surface area contributed by atoms with Gasteiger partial charge in [-0.1, -0.05) is 18.2 Å². The minimum absolute atomic E-state index is 0.0201. The number of hydrogen-bond acceptors (Lipinski definition) is 5. The number of rotatable bonds is 5. The van der Waals surface area contributed by atoms with Gasteiger partial charge in [0.2, 0.25) is 5.91 Å². The molecule has 1 aromatic rings. The average Bonchev–Trinajstić information content (AvgIpc) is 3.32. The summed E-state index contributed by atoms with van der Waals surface area (Å²) >= 11 is 0. The van der Waals surface area contributed by atoms with Gasteiger partial charge in [-0.05, 0) is 49.0 Å². The van der Waals surface area contributed by atoms with Crippen LogP contribution >= 0.6 is 0 Å². The summed E-state index contributed by atoms with van der Waals surface area (Å²) in [5.41, 5.74) is 8.41. The SMILES string of the molecule is O=C(NC1CNN(Cc2cccc(F)c2)C1)C1CC(C2=CCCCC2)ON1. The quantitative estimate of drug-likeness (QED) is 0.686. The number of carbonyl (C=O) groups is 1. The second kappa shape index (κ2) is 8.48. The molecular formula is C20H27FN4O2. The molecule has 1 aliphatic carbocycles. The number of benzene rings is 1. The molecule has 1 amide bonds. The first-order valence-corrected chi connectivity index (χ1v) is 9.81. The topological polar surface area (TPSA) is 65.6 Å². The van der Waals surface area contributed by atoms with E-state index >= 15 is 0 Å². The lowest BCUT2D eigenvalue weighted by Crippen LogP contribution is -2.46. The fraction of sp³-hybridized carbons (Fsp3) is 0.550. The van der Waals surface area contributed by atoms with Crippen molar-refractivity contribution in [3.8, 4) is 0 Å². The summed E-state index contributed by atoms with van der Waals surface area (Å²) in [6.07, 6.45) is 7.61. The van der Waals surface area contributed by atoms with Crippen LogP contribution in [0.3, 0.4) is 0 Å². The first-order chi connectivity index (χ1) is 13.2. The van der Waals surface area contributed by atoms with Gasteiger partial charge in [0.1, 0.15) is 18.0 Å². The smallest absolute Gasteiger partial charge is 0.239 e. The normalized spacial score (nSPS) is 28.9. The Hall–Kier alpha value is -1.80. The molecule has 2 heterocycles. The van der Waals surface area contributed by atoms with Gasteiger partial charge in [0.15, 0.2) is 0 Å². The van der Waals surface area contributed by atoms with Gasteiger partial charge in [-0.3, -0.25) is 15.1 Å². The second-order valence-electron chi connectivity index (χ2n) is 7.62. The summed E-state index contributed by atoms with van der Waals surface area (Å²) < 4.78 is 13.3. The van der Waals surface area contributed by atoms with E-state index in [0.29, 0.717) is 26.1 Å². The summed E-state index contributed by atoms with van der Waals surface area (Å²) in [7, 11) is 0. The van der Waals surface area contributed by atoms with Crippen LogP contribution in [0, 0.1) is 5.82 Å². The van der Waals surface area contributed by atoms with E-state index < -0.39 is 0 Å². The van der Waals surface area contributed by atoms with E-state index in [1.54, 1.807) is 6.07 Å². The van der Waals surface area contributed by atoms with Gasteiger partial charge >= 0.3 is 0 Å². The van der Waals surface area contributed by atoms with Crippen molar-refractivity contribution in [2.45, 2.75) is 56.8 Å². The summed E-state index contributed by atoms with van der Waals surface area (Å²) in [5, 5.41) is 5.10. The number of hydrazine groups is 1. The highest BCUT2D eigenvalue weighted by atomic mass is 19.1. The number of hydrogen-bond donors (Lipinski definition) is 3. The molecule has 0 aromatic heterocycles. The van der Waals surface area contributed by atoms with Crippen LogP contribution in [0.25, 0.3) is 0 Å². The molecule has 2 aliphatic heterocycles. The number of halogens is 1. The van der Waals surface area contributed by atoms with E-state index in [4.69, 9.17) is 4.84 Å². The largest absolute Gasteiger partial charge is 0.349 e. The third-order valence-corrected chi connectivity index (χ3v) is 5.47. The molecule has 7 heteroatoms. The van der Waals surface area contributed by atoms with Gasteiger partial charge < -0.3 is 5.32 Å². The summed E-state index contributed by atoms with van der Waals surface area (Å²) in [5.74, 6) is -0.250. The maximum atomic E-state index is 13.3. The maximum absolute atomic E-state index is 13.3. The van der Waals surface area contributed by atoms with Crippen molar-refractivity contribution in [1.82, 2.24) is 21.2 Å². The molecular weight excluding hydrogens is 347 g/mol. The van der Waals surface area contributed by atoms with Gasteiger partial charge in [0.05, 0.1) is 6.04 Å².